The van der Waals surface area contributed by atoms with Gasteiger partial charge < -0.3 is 18.6 Å². The average molecular weight is 363 g/mol. The highest BCUT2D eigenvalue weighted by atomic mass is 28.9. The van der Waals surface area contributed by atoms with Gasteiger partial charge in [-0.3, -0.25) is 0 Å². The van der Waals surface area contributed by atoms with Crippen LogP contribution in [0.15, 0.2) is 0 Å². The molecule has 0 radical (unpaired) electrons. The molecular weight excluding hydrogens is 324 g/mol. The minimum absolute atomic E-state index is 0.652. The maximum Gasteiger partial charge on any atom is 0.313 e. The molecular formula is C17H38O4Si2. The fourth-order valence-electron chi connectivity index (χ4n) is 2.21. The smallest absolute Gasteiger partial charge is 0.313 e. The van der Waals surface area contributed by atoms with Crippen molar-refractivity contribution in [3.8, 4) is 0 Å². The standard InChI is InChI=1S/C17H38O4Si2/c1-7-13-18-17(19-14-8-2,20-15-9-3)23(21-16-10-4)22(11-5)12-6/h7-16H2,1-6H3. The first-order valence-electron chi connectivity index (χ1n) is 9.42. The molecule has 0 N–H and O–H groups in total. The zero-order chi connectivity index (χ0) is 17.6. The van der Waals surface area contributed by atoms with Gasteiger partial charge in [0.25, 0.3) is 0 Å². The van der Waals surface area contributed by atoms with Gasteiger partial charge in [-0.1, -0.05) is 41.5 Å². The van der Waals surface area contributed by atoms with Crippen LogP contribution in [-0.4, -0.2) is 48.0 Å². The van der Waals surface area contributed by atoms with Crippen LogP contribution in [0.3, 0.4) is 0 Å². The van der Waals surface area contributed by atoms with Crippen molar-refractivity contribution in [2.45, 2.75) is 84.9 Å². The van der Waals surface area contributed by atoms with Crippen LogP contribution in [0, 0.1) is 0 Å². The maximum atomic E-state index is 6.36. The Balaban J connectivity index is 5.74. The molecule has 0 aliphatic rings. The van der Waals surface area contributed by atoms with Gasteiger partial charge in [0.2, 0.25) is 0 Å². The van der Waals surface area contributed by atoms with Crippen molar-refractivity contribution in [1.29, 1.82) is 0 Å². The summed E-state index contributed by atoms with van der Waals surface area (Å²) in [5, 5.41) is 0. The summed E-state index contributed by atoms with van der Waals surface area (Å²) in [6, 6.07) is 2.34. The summed E-state index contributed by atoms with van der Waals surface area (Å²) in [5.74, 6) is 0. The third-order valence-corrected chi connectivity index (χ3v) is 12.6. The molecule has 0 aliphatic carbocycles. The van der Waals surface area contributed by atoms with E-state index in [0.29, 0.717) is 19.8 Å². The van der Waals surface area contributed by atoms with E-state index in [1.807, 2.05) is 0 Å². The summed E-state index contributed by atoms with van der Waals surface area (Å²) in [7, 11) is -2.00. The van der Waals surface area contributed by atoms with Gasteiger partial charge in [-0.25, -0.2) is 0 Å². The van der Waals surface area contributed by atoms with E-state index in [1.165, 1.54) is 12.1 Å². The first kappa shape index (κ1) is 23.1. The summed E-state index contributed by atoms with van der Waals surface area (Å²) in [6.07, 6.45) is 3.88. The third kappa shape index (κ3) is 8.16. The Kier molecular flexibility index (Phi) is 14.5. The lowest BCUT2D eigenvalue weighted by molar-refractivity contribution is -0.333. The molecule has 0 aromatic carbocycles. The molecule has 0 rings (SSSR count). The third-order valence-electron chi connectivity index (χ3n) is 3.39. The Bertz CT molecular complexity index is 294. The first-order valence-corrected chi connectivity index (χ1v) is 13.7. The van der Waals surface area contributed by atoms with Gasteiger partial charge in [0.05, 0.1) is 26.4 Å². The Morgan fingerprint density at radius 2 is 1.00 bits per heavy atom. The van der Waals surface area contributed by atoms with E-state index in [9.17, 15) is 0 Å². The summed E-state index contributed by atoms with van der Waals surface area (Å²) < 4.78 is 25.0. The van der Waals surface area contributed by atoms with Crippen LogP contribution in [-0.2, 0) is 18.6 Å². The van der Waals surface area contributed by atoms with Crippen LogP contribution in [0.4, 0.5) is 0 Å². The number of rotatable bonds is 15. The monoisotopic (exact) mass is 362 g/mol. The van der Waals surface area contributed by atoms with Crippen molar-refractivity contribution in [2.24, 2.45) is 0 Å². The molecule has 6 heteroatoms. The summed E-state index contributed by atoms with van der Waals surface area (Å²) >= 11 is 0. The van der Waals surface area contributed by atoms with Crippen LogP contribution in [0.1, 0.15) is 67.2 Å². The van der Waals surface area contributed by atoms with Crippen LogP contribution >= 0.6 is 0 Å². The normalized spacial score (nSPS) is 11.6. The van der Waals surface area contributed by atoms with Crippen molar-refractivity contribution in [3.63, 3.8) is 0 Å². The van der Waals surface area contributed by atoms with E-state index in [2.05, 4.69) is 41.5 Å². The fourth-order valence-corrected chi connectivity index (χ4v) is 10.1. The second-order valence-corrected chi connectivity index (χ2v) is 13.3. The highest BCUT2D eigenvalue weighted by Gasteiger charge is 2.43. The SMILES string of the molecule is CCCO[Si](=[Si](CC)CC)C(OCCC)(OCCC)OCCC. The van der Waals surface area contributed by atoms with E-state index >= 15 is 0 Å². The van der Waals surface area contributed by atoms with E-state index in [-0.39, 0.29) is 0 Å². The molecule has 0 heterocycles. The zero-order valence-electron chi connectivity index (χ0n) is 16.2. The van der Waals surface area contributed by atoms with Gasteiger partial charge >= 0.3 is 13.7 Å². The second kappa shape index (κ2) is 14.5. The largest absolute Gasteiger partial charge is 0.548 e. The van der Waals surface area contributed by atoms with Crippen molar-refractivity contribution >= 4 is 16.0 Å². The molecule has 0 aromatic heterocycles. The molecule has 0 aromatic rings. The van der Waals surface area contributed by atoms with Gasteiger partial charge in [-0.15, -0.1) is 0 Å². The number of ether oxygens (including phenoxy) is 3. The molecule has 138 valence electrons. The molecule has 0 amide bonds. The minimum atomic E-state index is -1.33. The molecule has 0 spiro atoms. The average Bonchev–Trinajstić information content (AvgIpc) is 2.58. The molecule has 0 bridgehead atoms. The molecule has 0 fully saturated rings. The molecule has 4 nitrogen and oxygen atoms in total. The number of hydrogen-bond donors (Lipinski definition) is 0. The van der Waals surface area contributed by atoms with Crippen LogP contribution in [0.25, 0.3) is 0 Å². The lowest BCUT2D eigenvalue weighted by atomic mass is 10.5. The molecule has 0 saturated carbocycles. The zero-order valence-corrected chi connectivity index (χ0v) is 18.2. The second-order valence-electron chi connectivity index (χ2n) is 5.59. The molecule has 0 saturated heterocycles. The van der Waals surface area contributed by atoms with E-state index in [4.69, 9.17) is 18.6 Å². The van der Waals surface area contributed by atoms with Crippen molar-refractivity contribution in [2.75, 3.05) is 26.4 Å². The van der Waals surface area contributed by atoms with Crippen LogP contribution in [0.5, 0.6) is 0 Å². The Labute approximate surface area is 146 Å². The van der Waals surface area contributed by atoms with Gasteiger partial charge in [0, 0.05) is 7.89 Å². The van der Waals surface area contributed by atoms with Crippen molar-refractivity contribution in [3.05, 3.63) is 0 Å². The Hall–Kier alpha value is 0.114. The van der Waals surface area contributed by atoms with Crippen molar-refractivity contribution in [1.82, 2.24) is 0 Å². The topological polar surface area (TPSA) is 36.9 Å². The fraction of sp³-hybridized carbons (Fsp3) is 1.00. The van der Waals surface area contributed by atoms with E-state index < -0.39 is 21.6 Å². The van der Waals surface area contributed by atoms with Gasteiger partial charge in [-0.2, -0.15) is 0 Å². The van der Waals surface area contributed by atoms with Gasteiger partial charge in [-0.05, 0) is 37.8 Å². The molecule has 0 atom stereocenters. The van der Waals surface area contributed by atoms with Gasteiger partial charge in [0.1, 0.15) is 0 Å². The molecule has 0 aliphatic heterocycles. The summed E-state index contributed by atoms with van der Waals surface area (Å²) in [6.45, 7) is 15.8. The van der Waals surface area contributed by atoms with E-state index in [0.717, 1.165) is 32.3 Å². The first-order chi connectivity index (χ1) is 11.2. The van der Waals surface area contributed by atoms with Gasteiger partial charge in [0.15, 0.2) is 0 Å². The number of hydrogen-bond acceptors (Lipinski definition) is 4. The predicted molar refractivity (Wildman–Crippen MR) is 100 cm³/mol. The Morgan fingerprint density at radius 1 is 0.609 bits per heavy atom. The van der Waals surface area contributed by atoms with Crippen LogP contribution < -0.4 is 0 Å². The minimum Gasteiger partial charge on any atom is -0.548 e. The predicted octanol–water partition coefficient (Wildman–Crippen LogP) is 4.49. The summed E-state index contributed by atoms with van der Waals surface area (Å²) in [4.78, 5) is 0. The highest BCUT2D eigenvalue weighted by molar-refractivity contribution is 6.94. The highest BCUT2D eigenvalue weighted by Crippen LogP contribution is 2.21. The molecule has 23 heavy (non-hydrogen) atoms. The Morgan fingerprint density at radius 3 is 1.30 bits per heavy atom. The van der Waals surface area contributed by atoms with Crippen LogP contribution in [0.2, 0.25) is 12.1 Å². The quantitative estimate of drug-likeness (QED) is 0.318. The molecule has 0 unspecified atom stereocenters. The lowest BCUT2D eigenvalue weighted by Gasteiger charge is -2.35. The van der Waals surface area contributed by atoms with Crippen molar-refractivity contribution < 1.29 is 18.6 Å². The lowest BCUT2D eigenvalue weighted by Crippen LogP contribution is -2.54. The maximum absolute atomic E-state index is 6.36. The summed E-state index contributed by atoms with van der Waals surface area (Å²) in [5.41, 5.74) is -0.928. The van der Waals surface area contributed by atoms with E-state index in [1.54, 1.807) is 0 Å².